The predicted octanol–water partition coefficient (Wildman–Crippen LogP) is 3.85. The summed E-state index contributed by atoms with van der Waals surface area (Å²) in [7, 11) is 0. The zero-order valence-corrected chi connectivity index (χ0v) is 13.7. The largest absolute Gasteiger partial charge is 0.326 e. The summed E-state index contributed by atoms with van der Waals surface area (Å²) in [5, 5.41) is 16.3. The maximum Gasteiger partial charge on any atom is 0.288 e. The van der Waals surface area contributed by atoms with Crippen molar-refractivity contribution in [2.75, 3.05) is 10.6 Å². The lowest BCUT2D eigenvalue weighted by Gasteiger charge is -2.09. The standard InChI is InChI=1S/C17H14ClN3O4/c18-14-7-6-11(8-15(14)21(24)25)17(23)20-13-3-1-2-12(9-13)19-16(22)10-4-5-10/h1-3,6-10H,4-5H2,(H,19,22)(H,20,23). The molecule has 0 saturated heterocycles. The number of amides is 2. The van der Waals surface area contributed by atoms with E-state index in [1.54, 1.807) is 24.3 Å². The molecule has 1 saturated carbocycles. The van der Waals surface area contributed by atoms with Crippen LogP contribution in [0.25, 0.3) is 0 Å². The summed E-state index contributed by atoms with van der Waals surface area (Å²) in [5.41, 5.74) is 0.830. The van der Waals surface area contributed by atoms with E-state index >= 15 is 0 Å². The summed E-state index contributed by atoms with van der Waals surface area (Å²) in [5.74, 6) is -0.463. The zero-order valence-electron chi connectivity index (χ0n) is 13.0. The third-order valence-electron chi connectivity index (χ3n) is 3.74. The molecule has 25 heavy (non-hydrogen) atoms. The number of nitro benzene ring substituents is 1. The van der Waals surface area contributed by atoms with Crippen molar-refractivity contribution in [3.05, 3.63) is 63.2 Å². The van der Waals surface area contributed by atoms with E-state index in [4.69, 9.17) is 11.6 Å². The fourth-order valence-corrected chi connectivity index (χ4v) is 2.45. The van der Waals surface area contributed by atoms with Crippen molar-refractivity contribution >= 4 is 40.5 Å². The van der Waals surface area contributed by atoms with Crippen molar-refractivity contribution in [3.8, 4) is 0 Å². The van der Waals surface area contributed by atoms with Gasteiger partial charge < -0.3 is 10.6 Å². The van der Waals surface area contributed by atoms with Gasteiger partial charge >= 0.3 is 0 Å². The van der Waals surface area contributed by atoms with E-state index < -0.39 is 10.8 Å². The second-order valence-electron chi connectivity index (χ2n) is 5.72. The topological polar surface area (TPSA) is 101 Å². The molecule has 2 amide bonds. The van der Waals surface area contributed by atoms with Crippen LogP contribution in [0.3, 0.4) is 0 Å². The Morgan fingerprint density at radius 3 is 2.40 bits per heavy atom. The van der Waals surface area contributed by atoms with Gasteiger partial charge in [0.25, 0.3) is 11.6 Å². The van der Waals surface area contributed by atoms with Crippen LogP contribution < -0.4 is 10.6 Å². The average molecular weight is 360 g/mol. The minimum Gasteiger partial charge on any atom is -0.326 e. The Hall–Kier alpha value is -2.93. The predicted molar refractivity (Wildman–Crippen MR) is 93.9 cm³/mol. The summed E-state index contributed by atoms with van der Waals surface area (Å²) in [6.45, 7) is 0. The van der Waals surface area contributed by atoms with Crippen molar-refractivity contribution in [1.82, 2.24) is 0 Å². The van der Waals surface area contributed by atoms with Gasteiger partial charge in [0, 0.05) is 28.9 Å². The summed E-state index contributed by atoms with van der Waals surface area (Å²) in [6, 6.07) is 10.5. The quantitative estimate of drug-likeness (QED) is 0.625. The third-order valence-corrected chi connectivity index (χ3v) is 4.06. The second kappa shape index (κ2) is 6.90. The molecular formula is C17H14ClN3O4. The maximum atomic E-state index is 12.3. The van der Waals surface area contributed by atoms with E-state index in [-0.39, 0.29) is 28.1 Å². The monoisotopic (exact) mass is 359 g/mol. The van der Waals surface area contributed by atoms with Crippen molar-refractivity contribution < 1.29 is 14.5 Å². The molecule has 7 nitrogen and oxygen atoms in total. The number of nitro groups is 1. The molecular weight excluding hydrogens is 346 g/mol. The number of rotatable bonds is 5. The first-order chi connectivity index (χ1) is 11.9. The van der Waals surface area contributed by atoms with Crippen LogP contribution in [0.15, 0.2) is 42.5 Å². The molecule has 0 aromatic heterocycles. The highest BCUT2D eigenvalue weighted by atomic mass is 35.5. The number of carbonyl (C=O) groups is 2. The number of hydrogen-bond donors (Lipinski definition) is 2. The zero-order chi connectivity index (χ0) is 18.0. The molecule has 2 N–H and O–H groups in total. The van der Waals surface area contributed by atoms with Crippen LogP contribution in [0, 0.1) is 16.0 Å². The van der Waals surface area contributed by atoms with Gasteiger partial charge in [-0.3, -0.25) is 19.7 Å². The van der Waals surface area contributed by atoms with Crippen molar-refractivity contribution in [2.45, 2.75) is 12.8 Å². The minimum absolute atomic E-state index is 0.0307. The SMILES string of the molecule is O=C(Nc1cccc(NC(=O)C2CC2)c1)c1ccc(Cl)c([N+](=O)[O-])c1. The number of nitrogens with zero attached hydrogens (tertiary/aromatic N) is 1. The van der Waals surface area contributed by atoms with Crippen LogP contribution in [0.4, 0.5) is 17.1 Å². The van der Waals surface area contributed by atoms with Crippen LogP contribution in [-0.2, 0) is 4.79 Å². The summed E-state index contributed by atoms with van der Waals surface area (Å²) in [6.07, 6.45) is 1.80. The van der Waals surface area contributed by atoms with Gasteiger partial charge in [0.2, 0.25) is 5.91 Å². The Bertz CT molecular complexity index is 865. The van der Waals surface area contributed by atoms with Crippen LogP contribution in [0.1, 0.15) is 23.2 Å². The van der Waals surface area contributed by atoms with Crippen LogP contribution in [-0.4, -0.2) is 16.7 Å². The fourth-order valence-electron chi connectivity index (χ4n) is 2.26. The van der Waals surface area contributed by atoms with Crippen LogP contribution in [0.2, 0.25) is 5.02 Å². The second-order valence-corrected chi connectivity index (χ2v) is 6.13. The van der Waals surface area contributed by atoms with E-state index in [0.717, 1.165) is 18.9 Å². The Morgan fingerprint density at radius 1 is 1.08 bits per heavy atom. The summed E-state index contributed by atoms with van der Waals surface area (Å²) >= 11 is 5.74. The van der Waals surface area contributed by atoms with Gasteiger partial charge in [0.1, 0.15) is 5.02 Å². The molecule has 8 heteroatoms. The highest BCUT2D eigenvalue weighted by Gasteiger charge is 2.29. The number of carbonyl (C=O) groups excluding carboxylic acids is 2. The lowest BCUT2D eigenvalue weighted by Crippen LogP contribution is -2.15. The highest BCUT2D eigenvalue weighted by Crippen LogP contribution is 2.30. The number of nitrogens with one attached hydrogen (secondary N) is 2. The lowest BCUT2D eigenvalue weighted by molar-refractivity contribution is -0.384. The molecule has 2 aromatic carbocycles. The molecule has 0 unspecified atom stereocenters. The Balaban J connectivity index is 1.73. The van der Waals surface area contributed by atoms with E-state index in [9.17, 15) is 19.7 Å². The first kappa shape index (κ1) is 16.9. The normalized spacial score (nSPS) is 13.2. The Labute approximate surface area is 148 Å². The van der Waals surface area contributed by atoms with Crippen molar-refractivity contribution in [1.29, 1.82) is 0 Å². The average Bonchev–Trinajstić information content (AvgIpc) is 3.40. The number of anilines is 2. The summed E-state index contributed by atoms with van der Waals surface area (Å²) < 4.78 is 0. The van der Waals surface area contributed by atoms with E-state index in [1.165, 1.54) is 12.1 Å². The number of hydrogen-bond acceptors (Lipinski definition) is 4. The molecule has 0 heterocycles. The maximum absolute atomic E-state index is 12.3. The molecule has 128 valence electrons. The molecule has 0 atom stereocenters. The molecule has 3 rings (SSSR count). The molecule has 1 aliphatic carbocycles. The fraction of sp³-hybridized carbons (Fsp3) is 0.176. The number of benzene rings is 2. The van der Waals surface area contributed by atoms with Gasteiger partial charge in [-0.25, -0.2) is 0 Å². The van der Waals surface area contributed by atoms with Crippen molar-refractivity contribution in [2.24, 2.45) is 5.92 Å². The smallest absolute Gasteiger partial charge is 0.288 e. The Kier molecular flexibility index (Phi) is 4.67. The van der Waals surface area contributed by atoms with Gasteiger partial charge in [0.05, 0.1) is 4.92 Å². The minimum atomic E-state index is -0.646. The van der Waals surface area contributed by atoms with Gasteiger partial charge in [-0.05, 0) is 43.2 Å². The van der Waals surface area contributed by atoms with E-state index in [1.807, 2.05) is 0 Å². The lowest BCUT2D eigenvalue weighted by atomic mass is 10.2. The molecule has 1 aliphatic rings. The molecule has 0 spiro atoms. The van der Waals surface area contributed by atoms with E-state index in [2.05, 4.69) is 10.6 Å². The highest BCUT2D eigenvalue weighted by molar-refractivity contribution is 6.32. The molecule has 0 bridgehead atoms. The van der Waals surface area contributed by atoms with Gasteiger partial charge in [0.15, 0.2) is 0 Å². The molecule has 0 aliphatic heterocycles. The Morgan fingerprint density at radius 2 is 1.76 bits per heavy atom. The van der Waals surface area contributed by atoms with E-state index in [0.29, 0.717) is 11.4 Å². The van der Waals surface area contributed by atoms with Gasteiger partial charge in [-0.1, -0.05) is 17.7 Å². The van der Waals surface area contributed by atoms with Crippen LogP contribution >= 0.6 is 11.6 Å². The molecule has 1 fully saturated rings. The first-order valence-electron chi connectivity index (χ1n) is 7.60. The van der Waals surface area contributed by atoms with Gasteiger partial charge in [-0.15, -0.1) is 0 Å². The van der Waals surface area contributed by atoms with Crippen molar-refractivity contribution in [3.63, 3.8) is 0 Å². The first-order valence-corrected chi connectivity index (χ1v) is 7.98. The van der Waals surface area contributed by atoms with Crippen LogP contribution in [0.5, 0.6) is 0 Å². The van der Waals surface area contributed by atoms with Gasteiger partial charge in [-0.2, -0.15) is 0 Å². The number of halogens is 1. The molecule has 0 radical (unpaired) electrons. The summed E-state index contributed by atoms with van der Waals surface area (Å²) in [4.78, 5) is 34.3. The third kappa shape index (κ3) is 4.13. The molecule has 2 aromatic rings.